The van der Waals surface area contributed by atoms with Crippen LogP contribution < -0.4 is 15.0 Å². The molecule has 0 unspecified atom stereocenters. The number of ether oxygens (including phenoxy) is 2. The molecule has 1 aromatic heterocycles. The first-order valence-corrected chi connectivity index (χ1v) is 9.55. The predicted octanol–water partition coefficient (Wildman–Crippen LogP) is 1.43. The van der Waals surface area contributed by atoms with Crippen molar-refractivity contribution in [2.45, 2.75) is 0 Å². The third-order valence-electron chi connectivity index (χ3n) is 4.80. The Bertz CT molecular complexity index is 833. The highest BCUT2D eigenvalue weighted by atomic mass is 16.5. The van der Waals surface area contributed by atoms with E-state index in [1.165, 1.54) is 0 Å². The summed E-state index contributed by atoms with van der Waals surface area (Å²) in [6.45, 7) is 3.46. The van der Waals surface area contributed by atoms with Crippen LogP contribution in [0.2, 0.25) is 0 Å². The third kappa shape index (κ3) is 5.23. The summed E-state index contributed by atoms with van der Waals surface area (Å²) in [5.41, 5.74) is 1.61. The molecule has 154 valence electrons. The average Bonchev–Trinajstić information content (AvgIpc) is 2.79. The number of amides is 2. The fourth-order valence-corrected chi connectivity index (χ4v) is 3.16. The van der Waals surface area contributed by atoms with Crippen molar-refractivity contribution >= 4 is 17.5 Å². The molecule has 1 fully saturated rings. The molecule has 0 aliphatic carbocycles. The van der Waals surface area contributed by atoms with Gasteiger partial charge in [0.1, 0.15) is 17.1 Å². The zero-order chi connectivity index (χ0) is 20.6. The van der Waals surface area contributed by atoms with Crippen molar-refractivity contribution in [3.8, 4) is 5.75 Å². The Morgan fingerprint density at radius 1 is 1.00 bits per heavy atom. The summed E-state index contributed by atoms with van der Waals surface area (Å²) in [7, 11) is 3.21. The van der Waals surface area contributed by atoms with E-state index in [2.05, 4.69) is 15.2 Å². The van der Waals surface area contributed by atoms with Crippen LogP contribution in [0.3, 0.4) is 0 Å². The summed E-state index contributed by atoms with van der Waals surface area (Å²) in [6.07, 6.45) is 0. The van der Waals surface area contributed by atoms with Crippen molar-refractivity contribution in [2.24, 2.45) is 0 Å². The lowest BCUT2D eigenvalue weighted by molar-refractivity contribution is 0.0740. The molecule has 1 aliphatic rings. The normalized spacial score (nSPS) is 13.9. The first-order chi connectivity index (χ1) is 14.1. The fourth-order valence-electron chi connectivity index (χ4n) is 3.16. The van der Waals surface area contributed by atoms with Crippen LogP contribution >= 0.6 is 0 Å². The second-order valence-corrected chi connectivity index (χ2v) is 6.63. The van der Waals surface area contributed by atoms with Gasteiger partial charge in [-0.2, -0.15) is 0 Å². The summed E-state index contributed by atoms with van der Waals surface area (Å²) in [5, 5.41) is 2.71. The first kappa shape index (κ1) is 20.6. The van der Waals surface area contributed by atoms with Crippen LogP contribution in [0.5, 0.6) is 5.75 Å². The van der Waals surface area contributed by atoms with Gasteiger partial charge in [-0.05, 0) is 36.4 Å². The Balaban J connectivity index is 1.58. The maximum atomic E-state index is 12.8. The summed E-state index contributed by atoms with van der Waals surface area (Å²) in [4.78, 5) is 33.2. The van der Waals surface area contributed by atoms with Crippen LogP contribution in [0.1, 0.15) is 21.0 Å². The van der Waals surface area contributed by atoms with Crippen molar-refractivity contribution in [1.82, 2.24) is 15.2 Å². The number of carbonyl (C=O) groups excluding carboxylic acids is 2. The van der Waals surface area contributed by atoms with E-state index in [9.17, 15) is 9.59 Å². The van der Waals surface area contributed by atoms with Gasteiger partial charge in [0.2, 0.25) is 0 Å². The van der Waals surface area contributed by atoms with E-state index in [1.807, 2.05) is 24.3 Å². The number of hydrogen-bond acceptors (Lipinski definition) is 6. The molecule has 0 saturated carbocycles. The molecule has 29 heavy (non-hydrogen) atoms. The van der Waals surface area contributed by atoms with Gasteiger partial charge in [-0.15, -0.1) is 0 Å². The van der Waals surface area contributed by atoms with Gasteiger partial charge in [0.15, 0.2) is 0 Å². The quantitative estimate of drug-likeness (QED) is 0.711. The lowest BCUT2D eigenvalue weighted by Gasteiger charge is -2.36. The van der Waals surface area contributed by atoms with Crippen molar-refractivity contribution in [2.75, 3.05) is 58.5 Å². The number of anilines is 1. The number of hydrogen-bond donors (Lipinski definition) is 1. The van der Waals surface area contributed by atoms with E-state index < -0.39 is 0 Å². The summed E-state index contributed by atoms with van der Waals surface area (Å²) in [6, 6.07) is 12.8. The van der Waals surface area contributed by atoms with Gasteiger partial charge >= 0.3 is 0 Å². The molecule has 1 saturated heterocycles. The molecular weight excluding hydrogens is 372 g/mol. The number of nitrogens with zero attached hydrogens (tertiary/aromatic N) is 3. The SMILES string of the molecule is COCCNC(=O)c1cccc(C(=O)N2CCN(c3ccc(OC)cc3)CC2)n1. The molecule has 2 amide bonds. The van der Waals surface area contributed by atoms with Crippen molar-refractivity contribution in [1.29, 1.82) is 0 Å². The van der Waals surface area contributed by atoms with Crippen molar-refractivity contribution in [3.63, 3.8) is 0 Å². The van der Waals surface area contributed by atoms with Gasteiger partial charge in [0.25, 0.3) is 11.8 Å². The second-order valence-electron chi connectivity index (χ2n) is 6.63. The second kappa shape index (κ2) is 9.88. The minimum absolute atomic E-state index is 0.161. The van der Waals surface area contributed by atoms with Gasteiger partial charge in [0.05, 0.1) is 13.7 Å². The van der Waals surface area contributed by atoms with Crippen LogP contribution in [0.4, 0.5) is 5.69 Å². The van der Waals surface area contributed by atoms with Crippen LogP contribution in [0.15, 0.2) is 42.5 Å². The molecule has 8 heteroatoms. The largest absolute Gasteiger partial charge is 0.497 e. The summed E-state index contributed by atoms with van der Waals surface area (Å²) in [5.74, 6) is 0.340. The maximum Gasteiger partial charge on any atom is 0.272 e. The topological polar surface area (TPSA) is 84.0 Å². The van der Waals surface area contributed by atoms with Gasteiger partial charge < -0.3 is 24.6 Å². The van der Waals surface area contributed by atoms with E-state index in [0.29, 0.717) is 26.2 Å². The van der Waals surface area contributed by atoms with E-state index >= 15 is 0 Å². The summed E-state index contributed by atoms with van der Waals surface area (Å²) >= 11 is 0. The molecule has 8 nitrogen and oxygen atoms in total. The molecule has 2 heterocycles. The molecule has 0 radical (unpaired) electrons. The van der Waals surface area contributed by atoms with Crippen LogP contribution in [-0.4, -0.2) is 75.2 Å². The molecule has 0 bridgehead atoms. The van der Waals surface area contributed by atoms with E-state index in [4.69, 9.17) is 9.47 Å². The Morgan fingerprint density at radius 2 is 1.69 bits per heavy atom. The highest BCUT2D eigenvalue weighted by molar-refractivity contribution is 5.96. The highest BCUT2D eigenvalue weighted by Gasteiger charge is 2.23. The van der Waals surface area contributed by atoms with E-state index in [0.717, 1.165) is 24.5 Å². The Hall–Kier alpha value is -3.13. The number of pyridine rings is 1. The monoisotopic (exact) mass is 398 g/mol. The minimum Gasteiger partial charge on any atom is -0.497 e. The molecule has 3 rings (SSSR count). The first-order valence-electron chi connectivity index (χ1n) is 9.55. The molecule has 1 N–H and O–H groups in total. The Morgan fingerprint density at radius 3 is 2.34 bits per heavy atom. The molecule has 1 aliphatic heterocycles. The van der Waals surface area contributed by atoms with Gasteiger partial charge in [0, 0.05) is 45.5 Å². The Labute approximate surface area is 170 Å². The summed E-state index contributed by atoms with van der Waals surface area (Å²) < 4.78 is 10.1. The van der Waals surface area contributed by atoms with E-state index in [-0.39, 0.29) is 23.2 Å². The number of piperazine rings is 1. The van der Waals surface area contributed by atoms with Crippen LogP contribution in [-0.2, 0) is 4.74 Å². The number of methoxy groups -OCH3 is 2. The fraction of sp³-hybridized carbons (Fsp3) is 0.381. The van der Waals surface area contributed by atoms with E-state index in [1.54, 1.807) is 37.3 Å². The minimum atomic E-state index is -0.318. The van der Waals surface area contributed by atoms with Crippen molar-refractivity contribution in [3.05, 3.63) is 53.9 Å². The number of nitrogens with one attached hydrogen (secondary N) is 1. The third-order valence-corrected chi connectivity index (χ3v) is 4.80. The van der Waals surface area contributed by atoms with Crippen LogP contribution in [0, 0.1) is 0 Å². The van der Waals surface area contributed by atoms with Crippen LogP contribution in [0.25, 0.3) is 0 Å². The lowest BCUT2D eigenvalue weighted by Crippen LogP contribution is -2.49. The lowest BCUT2D eigenvalue weighted by atomic mass is 10.2. The highest BCUT2D eigenvalue weighted by Crippen LogP contribution is 2.21. The maximum absolute atomic E-state index is 12.8. The molecular formula is C21H26N4O4. The number of aromatic nitrogens is 1. The smallest absolute Gasteiger partial charge is 0.272 e. The number of carbonyl (C=O) groups is 2. The predicted molar refractivity (Wildman–Crippen MR) is 110 cm³/mol. The van der Waals surface area contributed by atoms with Crippen molar-refractivity contribution < 1.29 is 19.1 Å². The average molecular weight is 398 g/mol. The van der Waals surface area contributed by atoms with Gasteiger partial charge in [-0.1, -0.05) is 6.07 Å². The zero-order valence-corrected chi connectivity index (χ0v) is 16.8. The number of rotatable bonds is 7. The molecule has 0 spiro atoms. The molecule has 2 aromatic rings. The Kier molecular flexibility index (Phi) is 7.02. The number of benzene rings is 1. The molecule has 0 atom stereocenters. The molecule has 1 aromatic carbocycles. The van der Waals surface area contributed by atoms with Gasteiger partial charge in [-0.25, -0.2) is 4.98 Å². The standard InChI is InChI=1S/C21H26N4O4/c1-28-15-10-22-20(26)18-4-3-5-19(23-18)21(27)25-13-11-24(12-14-25)16-6-8-17(29-2)9-7-16/h3-9H,10-15H2,1-2H3,(H,22,26). The van der Waals surface area contributed by atoms with Gasteiger partial charge in [-0.3, -0.25) is 9.59 Å². The zero-order valence-electron chi connectivity index (χ0n) is 16.8.